The van der Waals surface area contributed by atoms with E-state index < -0.39 is 5.97 Å². The summed E-state index contributed by atoms with van der Waals surface area (Å²) in [6.07, 6.45) is 0. The number of aryl methyl sites for hydroxylation is 1. The number of rotatable bonds is 6. The fourth-order valence-electron chi connectivity index (χ4n) is 2.09. The van der Waals surface area contributed by atoms with Crippen LogP contribution in [0.5, 0.6) is 5.75 Å². The molecule has 0 unspecified atom stereocenters. The molecular formula is C18H18ClNO4. The van der Waals surface area contributed by atoms with Crippen LogP contribution in [0.3, 0.4) is 0 Å². The number of methoxy groups -OCH3 is 1. The van der Waals surface area contributed by atoms with Crippen LogP contribution in [0.2, 0.25) is 5.02 Å². The van der Waals surface area contributed by atoms with Gasteiger partial charge in [-0.15, -0.1) is 0 Å². The molecule has 2 aromatic rings. The van der Waals surface area contributed by atoms with Crippen molar-refractivity contribution in [2.24, 2.45) is 0 Å². The van der Waals surface area contributed by atoms with Crippen molar-refractivity contribution in [2.45, 2.75) is 13.5 Å². The molecule has 1 amide bonds. The first-order valence-corrected chi connectivity index (χ1v) is 7.70. The minimum Gasteiger partial charge on any atom is -0.496 e. The number of hydrogen-bond donors (Lipinski definition) is 1. The number of nitrogens with one attached hydrogen (secondary N) is 1. The summed E-state index contributed by atoms with van der Waals surface area (Å²) in [6.45, 7) is 1.81. The van der Waals surface area contributed by atoms with Crippen LogP contribution in [-0.2, 0) is 16.1 Å². The van der Waals surface area contributed by atoms with E-state index in [1.807, 2.05) is 25.1 Å². The molecule has 1 N–H and O–H groups in total. The van der Waals surface area contributed by atoms with Gasteiger partial charge in [-0.3, -0.25) is 9.59 Å². The lowest BCUT2D eigenvalue weighted by atomic mass is 10.1. The minimum atomic E-state index is -0.527. The van der Waals surface area contributed by atoms with Gasteiger partial charge in [-0.25, -0.2) is 0 Å². The van der Waals surface area contributed by atoms with Gasteiger partial charge in [-0.2, -0.15) is 0 Å². The third-order valence-electron chi connectivity index (χ3n) is 3.32. The molecule has 2 rings (SSSR count). The second-order valence-electron chi connectivity index (χ2n) is 5.17. The summed E-state index contributed by atoms with van der Waals surface area (Å²) >= 11 is 5.76. The van der Waals surface area contributed by atoms with Crippen LogP contribution in [0.4, 0.5) is 0 Å². The average Bonchev–Trinajstić information content (AvgIpc) is 2.58. The lowest BCUT2D eigenvalue weighted by Crippen LogP contribution is -2.30. The highest BCUT2D eigenvalue weighted by molar-refractivity contribution is 6.30. The van der Waals surface area contributed by atoms with Crippen LogP contribution >= 0.6 is 11.6 Å². The molecule has 0 saturated carbocycles. The monoisotopic (exact) mass is 347 g/mol. The van der Waals surface area contributed by atoms with Gasteiger partial charge in [0, 0.05) is 16.1 Å². The Hall–Kier alpha value is -2.53. The smallest absolute Gasteiger partial charge is 0.325 e. The number of halogens is 1. The number of carbonyl (C=O) groups is 2. The first kappa shape index (κ1) is 17.8. The molecule has 126 valence electrons. The van der Waals surface area contributed by atoms with Crippen LogP contribution in [0.25, 0.3) is 0 Å². The number of amides is 1. The number of ether oxygens (including phenoxy) is 2. The Balaban J connectivity index is 1.84. The molecule has 24 heavy (non-hydrogen) atoms. The standard InChI is InChI=1S/C18H18ClNO4/c1-12-3-8-16(23-2)14(9-12)11-24-17(21)10-20-18(22)13-4-6-15(19)7-5-13/h3-9H,10-11H2,1-2H3,(H,20,22). The third kappa shape index (κ3) is 4.99. The Morgan fingerprint density at radius 3 is 2.50 bits per heavy atom. The Bertz CT molecular complexity index is 728. The van der Waals surface area contributed by atoms with Crippen LogP contribution in [0.15, 0.2) is 42.5 Å². The van der Waals surface area contributed by atoms with E-state index in [1.54, 1.807) is 31.4 Å². The Kier molecular flexibility index (Phi) is 6.21. The SMILES string of the molecule is COc1ccc(C)cc1COC(=O)CNC(=O)c1ccc(Cl)cc1. The summed E-state index contributed by atoms with van der Waals surface area (Å²) in [5.74, 6) is -0.240. The third-order valence-corrected chi connectivity index (χ3v) is 3.58. The largest absolute Gasteiger partial charge is 0.496 e. The number of hydrogen-bond acceptors (Lipinski definition) is 4. The van der Waals surface area contributed by atoms with Gasteiger partial charge in [0.25, 0.3) is 5.91 Å². The second kappa shape index (κ2) is 8.36. The molecule has 0 spiro atoms. The maximum absolute atomic E-state index is 11.9. The molecule has 5 nitrogen and oxygen atoms in total. The van der Waals surface area contributed by atoms with E-state index in [2.05, 4.69) is 5.32 Å². The minimum absolute atomic E-state index is 0.0838. The Morgan fingerprint density at radius 2 is 1.83 bits per heavy atom. The van der Waals surface area contributed by atoms with Crippen molar-refractivity contribution < 1.29 is 19.1 Å². The van der Waals surface area contributed by atoms with E-state index in [-0.39, 0.29) is 19.1 Å². The van der Waals surface area contributed by atoms with Gasteiger partial charge < -0.3 is 14.8 Å². The summed E-state index contributed by atoms with van der Waals surface area (Å²) in [5, 5.41) is 3.05. The second-order valence-corrected chi connectivity index (χ2v) is 5.60. The van der Waals surface area contributed by atoms with E-state index in [4.69, 9.17) is 21.1 Å². The zero-order valence-electron chi connectivity index (χ0n) is 13.5. The van der Waals surface area contributed by atoms with Gasteiger partial charge in [0.05, 0.1) is 7.11 Å². The van der Waals surface area contributed by atoms with Gasteiger partial charge >= 0.3 is 5.97 Å². The van der Waals surface area contributed by atoms with Crippen LogP contribution < -0.4 is 10.1 Å². The Morgan fingerprint density at radius 1 is 1.12 bits per heavy atom. The molecule has 2 aromatic carbocycles. The highest BCUT2D eigenvalue weighted by atomic mass is 35.5. The topological polar surface area (TPSA) is 64.6 Å². The van der Waals surface area contributed by atoms with Crippen LogP contribution in [0.1, 0.15) is 21.5 Å². The maximum atomic E-state index is 11.9. The van der Waals surface area contributed by atoms with Gasteiger partial charge in [-0.1, -0.05) is 23.2 Å². The van der Waals surface area contributed by atoms with Gasteiger partial charge in [0.1, 0.15) is 18.9 Å². The molecule has 0 atom stereocenters. The van der Waals surface area contributed by atoms with E-state index in [0.29, 0.717) is 16.3 Å². The summed E-state index contributed by atoms with van der Waals surface area (Å²) in [7, 11) is 1.56. The first-order chi connectivity index (χ1) is 11.5. The molecule has 0 saturated heterocycles. The predicted octanol–water partition coefficient (Wildman–Crippen LogP) is 3.13. The average molecular weight is 348 g/mol. The first-order valence-electron chi connectivity index (χ1n) is 7.32. The van der Waals surface area contributed by atoms with Gasteiger partial charge in [0.15, 0.2) is 0 Å². The molecule has 0 fully saturated rings. The van der Waals surface area contributed by atoms with Crippen molar-refractivity contribution >= 4 is 23.5 Å². The summed E-state index contributed by atoms with van der Waals surface area (Å²) in [5.41, 5.74) is 2.24. The van der Waals surface area contributed by atoms with E-state index in [0.717, 1.165) is 11.1 Å². The summed E-state index contributed by atoms with van der Waals surface area (Å²) < 4.78 is 10.4. The molecule has 0 aliphatic heterocycles. The van der Waals surface area contributed by atoms with Gasteiger partial charge in [0.2, 0.25) is 0 Å². The van der Waals surface area contributed by atoms with Crippen molar-refractivity contribution in [1.29, 1.82) is 0 Å². The van der Waals surface area contributed by atoms with Crippen LogP contribution in [0, 0.1) is 6.92 Å². The zero-order valence-corrected chi connectivity index (χ0v) is 14.2. The van der Waals surface area contributed by atoms with Crippen molar-refractivity contribution in [3.05, 3.63) is 64.2 Å². The molecule has 0 aliphatic rings. The normalized spacial score (nSPS) is 10.1. The molecule has 0 radical (unpaired) electrons. The molecule has 0 heterocycles. The van der Waals surface area contributed by atoms with Crippen LogP contribution in [-0.4, -0.2) is 25.5 Å². The summed E-state index contributed by atoms with van der Waals surface area (Å²) in [6, 6.07) is 12.0. The molecule has 0 aromatic heterocycles. The predicted molar refractivity (Wildman–Crippen MR) is 91.3 cm³/mol. The van der Waals surface area contributed by atoms with Crippen molar-refractivity contribution in [3.63, 3.8) is 0 Å². The molecule has 6 heteroatoms. The fraction of sp³-hybridized carbons (Fsp3) is 0.222. The lowest BCUT2D eigenvalue weighted by Gasteiger charge is -2.10. The highest BCUT2D eigenvalue weighted by Gasteiger charge is 2.10. The summed E-state index contributed by atoms with van der Waals surface area (Å²) in [4.78, 5) is 23.7. The van der Waals surface area contributed by atoms with Crippen molar-refractivity contribution in [3.8, 4) is 5.75 Å². The highest BCUT2D eigenvalue weighted by Crippen LogP contribution is 2.20. The van der Waals surface area contributed by atoms with E-state index >= 15 is 0 Å². The van der Waals surface area contributed by atoms with E-state index in [9.17, 15) is 9.59 Å². The number of esters is 1. The van der Waals surface area contributed by atoms with Crippen molar-refractivity contribution in [1.82, 2.24) is 5.32 Å². The quantitative estimate of drug-likeness (QED) is 0.815. The maximum Gasteiger partial charge on any atom is 0.325 e. The Labute approximate surface area is 145 Å². The lowest BCUT2D eigenvalue weighted by molar-refractivity contribution is -0.143. The molecule has 0 aliphatic carbocycles. The zero-order chi connectivity index (χ0) is 17.5. The number of benzene rings is 2. The molecule has 0 bridgehead atoms. The van der Waals surface area contributed by atoms with Gasteiger partial charge in [-0.05, 0) is 43.3 Å². The van der Waals surface area contributed by atoms with E-state index in [1.165, 1.54) is 0 Å². The fourth-order valence-corrected chi connectivity index (χ4v) is 2.21. The molecular weight excluding hydrogens is 330 g/mol. The number of carbonyl (C=O) groups excluding carboxylic acids is 2. The van der Waals surface area contributed by atoms with Crippen molar-refractivity contribution in [2.75, 3.05) is 13.7 Å².